The second kappa shape index (κ2) is 5.26. The summed E-state index contributed by atoms with van der Waals surface area (Å²) in [7, 11) is 0. The molecule has 1 rings (SSSR count). The summed E-state index contributed by atoms with van der Waals surface area (Å²) in [4.78, 5) is 24.5. The minimum Gasteiger partial charge on any atom is -0.466 e. The number of hydrogen-bond donors (Lipinski definition) is 1. The van der Waals surface area contributed by atoms with Gasteiger partial charge in [0.05, 0.1) is 6.61 Å². The van der Waals surface area contributed by atoms with Gasteiger partial charge in [-0.05, 0) is 13.3 Å². The molecule has 0 saturated carbocycles. The van der Waals surface area contributed by atoms with Crippen molar-refractivity contribution in [3.8, 4) is 0 Å². The van der Waals surface area contributed by atoms with E-state index in [9.17, 15) is 9.59 Å². The summed E-state index contributed by atoms with van der Waals surface area (Å²) >= 11 is 0. The standard InChI is InChI=1S/C9H14N2O3/c1-2-14-8(12)4-3-6-11-7-5-10-9(11)13/h5,7H,2-4,6H2,1H3,(H,10,13). The van der Waals surface area contributed by atoms with Crippen molar-refractivity contribution in [3.63, 3.8) is 0 Å². The Balaban J connectivity index is 2.25. The first-order valence-corrected chi connectivity index (χ1v) is 4.63. The van der Waals surface area contributed by atoms with Crippen LogP contribution >= 0.6 is 0 Å². The fourth-order valence-corrected chi connectivity index (χ4v) is 1.15. The van der Waals surface area contributed by atoms with E-state index in [4.69, 9.17) is 4.74 Å². The van der Waals surface area contributed by atoms with Crippen molar-refractivity contribution in [2.75, 3.05) is 6.61 Å². The van der Waals surface area contributed by atoms with Crippen LogP contribution in [0.15, 0.2) is 17.2 Å². The minimum atomic E-state index is -0.212. The van der Waals surface area contributed by atoms with Crippen molar-refractivity contribution < 1.29 is 9.53 Å². The van der Waals surface area contributed by atoms with Crippen LogP contribution in [0, 0.1) is 0 Å². The first kappa shape index (κ1) is 10.6. The van der Waals surface area contributed by atoms with Gasteiger partial charge in [0.25, 0.3) is 0 Å². The highest BCUT2D eigenvalue weighted by atomic mass is 16.5. The van der Waals surface area contributed by atoms with E-state index in [1.807, 2.05) is 0 Å². The molecular formula is C9H14N2O3. The normalized spacial score (nSPS) is 10.1. The third-order valence-corrected chi connectivity index (χ3v) is 1.81. The van der Waals surface area contributed by atoms with E-state index in [1.165, 1.54) is 4.57 Å². The Bertz CT molecular complexity index is 340. The molecule has 14 heavy (non-hydrogen) atoms. The lowest BCUT2D eigenvalue weighted by molar-refractivity contribution is -0.143. The number of carbonyl (C=O) groups excluding carboxylic acids is 1. The number of aromatic nitrogens is 2. The van der Waals surface area contributed by atoms with Gasteiger partial charge in [-0.2, -0.15) is 0 Å². The quantitative estimate of drug-likeness (QED) is 0.701. The predicted molar refractivity (Wildman–Crippen MR) is 50.9 cm³/mol. The van der Waals surface area contributed by atoms with E-state index in [-0.39, 0.29) is 11.7 Å². The number of ether oxygens (including phenoxy) is 1. The van der Waals surface area contributed by atoms with Crippen LogP contribution in [0.3, 0.4) is 0 Å². The smallest absolute Gasteiger partial charge is 0.325 e. The van der Waals surface area contributed by atoms with Gasteiger partial charge in [-0.15, -0.1) is 0 Å². The molecule has 1 aromatic heterocycles. The van der Waals surface area contributed by atoms with Gasteiger partial charge in [-0.1, -0.05) is 0 Å². The maximum atomic E-state index is 11.0. The van der Waals surface area contributed by atoms with E-state index in [0.717, 1.165) is 0 Å². The zero-order valence-corrected chi connectivity index (χ0v) is 8.16. The summed E-state index contributed by atoms with van der Waals surface area (Å²) in [5.41, 5.74) is -0.145. The summed E-state index contributed by atoms with van der Waals surface area (Å²) in [6.07, 6.45) is 4.21. The van der Waals surface area contributed by atoms with Gasteiger partial charge >= 0.3 is 11.7 Å². The van der Waals surface area contributed by atoms with Crippen LogP contribution in [0.4, 0.5) is 0 Å². The summed E-state index contributed by atoms with van der Waals surface area (Å²) in [5.74, 6) is -0.212. The second-order valence-corrected chi connectivity index (χ2v) is 2.87. The van der Waals surface area contributed by atoms with Gasteiger partial charge < -0.3 is 9.72 Å². The average Bonchev–Trinajstić information content (AvgIpc) is 2.52. The van der Waals surface area contributed by atoms with Crippen LogP contribution in [-0.2, 0) is 16.1 Å². The zero-order valence-electron chi connectivity index (χ0n) is 8.16. The molecule has 1 heterocycles. The van der Waals surface area contributed by atoms with Crippen molar-refractivity contribution >= 4 is 5.97 Å². The van der Waals surface area contributed by atoms with Crippen LogP contribution in [0.2, 0.25) is 0 Å². The molecule has 0 spiro atoms. The highest BCUT2D eigenvalue weighted by molar-refractivity contribution is 5.69. The van der Waals surface area contributed by atoms with Crippen molar-refractivity contribution in [2.24, 2.45) is 0 Å². The molecule has 0 saturated heterocycles. The van der Waals surface area contributed by atoms with Gasteiger partial charge in [0.15, 0.2) is 0 Å². The van der Waals surface area contributed by atoms with Crippen LogP contribution < -0.4 is 5.69 Å². The summed E-state index contributed by atoms with van der Waals surface area (Å²) in [6, 6.07) is 0. The highest BCUT2D eigenvalue weighted by Crippen LogP contribution is 1.95. The molecule has 0 aromatic carbocycles. The van der Waals surface area contributed by atoms with E-state index in [1.54, 1.807) is 19.3 Å². The number of rotatable bonds is 5. The molecule has 0 unspecified atom stereocenters. The molecule has 1 aromatic rings. The number of nitrogens with zero attached hydrogens (tertiary/aromatic N) is 1. The van der Waals surface area contributed by atoms with Gasteiger partial charge in [0.1, 0.15) is 0 Å². The van der Waals surface area contributed by atoms with E-state index < -0.39 is 0 Å². The Labute approximate surface area is 81.7 Å². The fraction of sp³-hybridized carbons (Fsp3) is 0.556. The van der Waals surface area contributed by atoms with Crippen molar-refractivity contribution in [1.82, 2.24) is 9.55 Å². The number of aryl methyl sites for hydroxylation is 1. The lowest BCUT2D eigenvalue weighted by Crippen LogP contribution is -2.17. The van der Waals surface area contributed by atoms with Crippen molar-refractivity contribution in [1.29, 1.82) is 0 Å². The Morgan fingerprint density at radius 3 is 3.00 bits per heavy atom. The highest BCUT2D eigenvalue weighted by Gasteiger charge is 2.02. The summed E-state index contributed by atoms with van der Waals surface area (Å²) in [5, 5.41) is 0. The molecule has 0 fully saturated rings. The van der Waals surface area contributed by atoms with Gasteiger partial charge in [-0.25, -0.2) is 4.79 Å². The summed E-state index contributed by atoms with van der Waals surface area (Å²) < 4.78 is 6.28. The third kappa shape index (κ3) is 3.08. The number of nitrogens with one attached hydrogen (secondary N) is 1. The van der Waals surface area contributed by atoms with Crippen LogP contribution in [0.25, 0.3) is 0 Å². The lowest BCUT2D eigenvalue weighted by atomic mass is 10.3. The summed E-state index contributed by atoms with van der Waals surface area (Å²) in [6.45, 7) is 2.72. The lowest BCUT2D eigenvalue weighted by Gasteiger charge is -2.01. The molecule has 0 aliphatic rings. The monoisotopic (exact) mass is 198 g/mol. The Morgan fingerprint density at radius 2 is 2.43 bits per heavy atom. The largest absolute Gasteiger partial charge is 0.466 e. The number of carbonyl (C=O) groups is 1. The number of H-pyrrole nitrogens is 1. The number of aromatic amines is 1. The molecule has 0 amide bonds. The maximum Gasteiger partial charge on any atom is 0.325 e. The Kier molecular flexibility index (Phi) is 3.97. The number of esters is 1. The molecule has 0 bridgehead atoms. The van der Waals surface area contributed by atoms with E-state index in [0.29, 0.717) is 26.0 Å². The first-order chi connectivity index (χ1) is 6.74. The Hall–Kier alpha value is -1.52. The molecule has 0 aliphatic heterocycles. The van der Waals surface area contributed by atoms with Crippen molar-refractivity contribution in [3.05, 3.63) is 22.9 Å². The van der Waals surface area contributed by atoms with E-state index in [2.05, 4.69) is 4.98 Å². The predicted octanol–water partition coefficient (Wildman–Crippen LogP) is 0.520. The maximum absolute atomic E-state index is 11.0. The molecular weight excluding hydrogens is 184 g/mol. The molecule has 5 nitrogen and oxygen atoms in total. The second-order valence-electron chi connectivity index (χ2n) is 2.87. The zero-order chi connectivity index (χ0) is 10.4. The van der Waals surface area contributed by atoms with Gasteiger partial charge in [0, 0.05) is 25.4 Å². The van der Waals surface area contributed by atoms with E-state index >= 15 is 0 Å². The molecule has 0 atom stereocenters. The number of imidazole rings is 1. The van der Waals surface area contributed by atoms with Gasteiger partial charge in [-0.3, -0.25) is 9.36 Å². The van der Waals surface area contributed by atoms with Crippen LogP contribution in [0.5, 0.6) is 0 Å². The van der Waals surface area contributed by atoms with Gasteiger partial charge in [0.2, 0.25) is 0 Å². The molecule has 0 radical (unpaired) electrons. The SMILES string of the molecule is CCOC(=O)CCCn1cc[nH]c1=O. The first-order valence-electron chi connectivity index (χ1n) is 4.63. The number of hydrogen-bond acceptors (Lipinski definition) is 3. The van der Waals surface area contributed by atoms with Crippen LogP contribution in [-0.4, -0.2) is 22.1 Å². The fourth-order valence-electron chi connectivity index (χ4n) is 1.15. The van der Waals surface area contributed by atoms with Crippen molar-refractivity contribution in [2.45, 2.75) is 26.3 Å². The topological polar surface area (TPSA) is 64.1 Å². The third-order valence-electron chi connectivity index (χ3n) is 1.81. The molecule has 1 N–H and O–H groups in total. The minimum absolute atomic E-state index is 0.145. The van der Waals surface area contributed by atoms with Crippen LogP contribution in [0.1, 0.15) is 19.8 Å². The molecule has 5 heteroatoms. The molecule has 0 aliphatic carbocycles. The molecule has 78 valence electrons. The Morgan fingerprint density at radius 1 is 1.64 bits per heavy atom. The average molecular weight is 198 g/mol.